The number of rotatable bonds is 3. The highest BCUT2D eigenvalue weighted by atomic mass is 35.5. The van der Waals surface area contributed by atoms with Gasteiger partial charge in [0.15, 0.2) is 0 Å². The fraction of sp³-hybridized carbons (Fsp3) is 0.0769. The van der Waals surface area contributed by atoms with Crippen molar-refractivity contribution in [1.29, 1.82) is 0 Å². The number of hydrogen-bond acceptors (Lipinski definition) is 5. The van der Waals surface area contributed by atoms with Crippen LogP contribution in [0.4, 0.5) is 5.95 Å². The first-order valence-electron chi connectivity index (χ1n) is 5.86. The van der Waals surface area contributed by atoms with Crippen molar-refractivity contribution >= 4 is 40.1 Å². The van der Waals surface area contributed by atoms with Crippen molar-refractivity contribution in [2.45, 2.75) is 6.54 Å². The Kier molecular flexibility index (Phi) is 3.62. The summed E-state index contributed by atoms with van der Waals surface area (Å²) in [6, 6.07) is 9.91. The van der Waals surface area contributed by atoms with E-state index in [0.717, 1.165) is 16.5 Å². The van der Waals surface area contributed by atoms with Crippen molar-refractivity contribution < 1.29 is 0 Å². The van der Waals surface area contributed by atoms with Crippen LogP contribution in [0.1, 0.15) is 5.56 Å². The van der Waals surface area contributed by atoms with E-state index in [1.807, 2.05) is 30.3 Å². The average Bonchev–Trinajstić information content (AvgIpc) is 2.44. The molecular formula is C13H9Cl2N5. The standard InChI is InChI=1S/C13H9Cl2N5/c14-11-18-12(15)20-13(19-11)17-7-9-4-1-3-8-5-2-6-16-10(8)9/h1-6H,7H2,(H,17,18,19,20). The maximum absolute atomic E-state index is 5.73. The number of aromatic nitrogens is 4. The largest absolute Gasteiger partial charge is 0.350 e. The van der Waals surface area contributed by atoms with Gasteiger partial charge in [0, 0.05) is 18.1 Å². The van der Waals surface area contributed by atoms with Gasteiger partial charge in [-0.1, -0.05) is 24.3 Å². The summed E-state index contributed by atoms with van der Waals surface area (Å²) in [6.07, 6.45) is 1.77. The van der Waals surface area contributed by atoms with E-state index in [1.165, 1.54) is 0 Å². The molecule has 1 aromatic carbocycles. The molecule has 0 fully saturated rings. The Labute approximate surface area is 125 Å². The lowest BCUT2D eigenvalue weighted by Crippen LogP contribution is -2.05. The van der Waals surface area contributed by atoms with Crippen LogP contribution in [0.2, 0.25) is 10.6 Å². The second-order valence-corrected chi connectivity index (χ2v) is 4.72. The zero-order valence-corrected chi connectivity index (χ0v) is 11.7. The van der Waals surface area contributed by atoms with E-state index in [-0.39, 0.29) is 10.6 Å². The maximum Gasteiger partial charge on any atom is 0.228 e. The van der Waals surface area contributed by atoms with Crippen molar-refractivity contribution in [3.63, 3.8) is 0 Å². The molecule has 5 nitrogen and oxygen atoms in total. The number of hydrogen-bond donors (Lipinski definition) is 1. The van der Waals surface area contributed by atoms with Crippen LogP contribution in [0.5, 0.6) is 0 Å². The maximum atomic E-state index is 5.73. The van der Waals surface area contributed by atoms with Gasteiger partial charge in [-0.05, 0) is 34.8 Å². The minimum absolute atomic E-state index is 0.0588. The molecule has 0 spiro atoms. The van der Waals surface area contributed by atoms with Crippen LogP contribution in [-0.2, 0) is 6.54 Å². The molecule has 0 aliphatic carbocycles. The van der Waals surface area contributed by atoms with E-state index in [9.17, 15) is 0 Å². The van der Waals surface area contributed by atoms with Crippen LogP contribution in [0.3, 0.4) is 0 Å². The van der Waals surface area contributed by atoms with E-state index in [4.69, 9.17) is 23.2 Å². The first kappa shape index (κ1) is 13.0. The zero-order valence-electron chi connectivity index (χ0n) is 10.2. The summed E-state index contributed by atoms with van der Waals surface area (Å²) in [5, 5.41) is 4.26. The summed E-state index contributed by atoms with van der Waals surface area (Å²) in [5.74, 6) is 0.336. The van der Waals surface area contributed by atoms with Gasteiger partial charge >= 0.3 is 0 Å². The second-order valence-electron chi connectivity index (χ2n) is 4.04. The van der Waals surface area contributed by atoms with Gasteiger partial charge in [-0.25, -0.2) is 0 Å². The Morgan fingerprint density at radius 1 is 0.950 bits per heavy atom. The number of para-hydroxylation sites is 1. The molecular weight excluding hydrogens is 297 g/mol. The summed E-state index contributed by atoms with van der Waals surface area (Å²) < 4.78 is 0. The highest BCUT2D eigenvalue weighted by molar-refractivity contribution is 6.31. The lowest BCUT2D eigenvalue weighted by molar-refractivity contribution is 1.00. The molecule has 100 valence electrons. The molecule has 2 aromatic heterocycles. The lowest BCUT2D eigenvalue weighted by atomic mass is 10.1. The topological polar surface area (TPSA) is 63.6 Å². The zero-order chi connectivity index (χ0) is 13.9. The molecule has 7 heteroatoms. The van der Waals surface area contributed by atoms with E-state index >= 15 is 0 Å². The van der Waals surface area contributed by atoms with Crippen molar-refractivity contribution in [3.05, 3.63) is 52.7 Å². The third-order valence-corrected chi connectivity index (χ3v) is 3.07. The fourth-order valence-electron chi connectivity index (χ4n) is 1.89. The Balaban J connectivity index is 1.87. The van der Waals surface area contributed by atoms with Gasteiger partial charge in [-0.3, -0.25) is 4.98 Å². The van der Waals surface area contributed by atoms with E-state index < -0.39 is 0 Å². The molecule has 3 rings (SSSR count). The third-order valence-electron chi connectivity index (χ3n) is 2.73. The van der Waals surface area contributed by atoms with Gasteiger partial charge in [0.25, 0.3) is 0 Å². The molecule has 2 heterocycles. The van der Waals surface area contributed by atoms with E-state index in [1.54, 1.807) is 6.20 Å². The van der Waals surface area contributed by atoms with Crippen LogP contribution in [0, 0.1) is 0 Å². The Morgan fingerprint density at radius 2 is 1.70 bits per heavy atom. The molecule has 0 saturated carbocycles. The van der Waals surface area contributed by atoms with Gasteiger partial charge in [0.1, 0.15) is 0 Å². The SMILES string of the molecule is Clc1nc(Cl)nc(NCc2cccc3cccnc23)n1. The van der Waals surface area contributed by atoms with Gasteiger partial charge in [0.05, 0.1) is 5.52 Å². The fourth-order valence-corrected chi connectivity index (χ4v) is 2.25. The lowest BCUT2D eigenvalue weighted by Gasteiger charge is -2.07. The minimum Gasteiger partial charge on any atom is -0.350 e. The van der Waals surface area contributed by atoms with Gasteiger partial charge < -0.3 is 5.32 Å². The van der Waals surface area contributed by atoms with E-state index in [2.05, 4.69) is 25.3 Å². The molecule has 0 radical (unpaired) electrons. The summed E-state index contributed by atoms with van der Waals surface area (Å²) >= 11 is 11.5. The number of anilines is 1. The number of benzene rings is 1. The summed E-state index contributed by atoms with van der Waals surface area (Å²) in [5.41, 5.74) is 1.98. The molecule has 0 bridgehead atoms. The highest BCUT2D eigenvalue weighted by Crippen LogP contribution is 2.17. The van der Waals surface area contributed by atoms with E-state index in [0.29, 0.717) is 12.5 Å². The number of pyridine rings is 1. The number of nitrogens with zero attached hydrogens (tertiary/aromatic N) is 4. The third kappa shape index (κ3) is 2.79. The minimum atomic E-state index is 0.0588. The van der Waals surface area contributed by atoms with Gasteiger partial charge in [-0.15, -0.1) is 0 Å². The molecule has 0 saturated heterocycles. The smallest absolute Gasteiger partial charge is 0.228 e. The van der Waals surface area contributed by atoms with Gasteiger partial charge in [-0.2, -0.15) is 15.0 Å². The van der Waals surface area contributed by atoms with Crippen LogP contribution in [-0.4, -0.2) is 19.9 Å². The molecule has 0 aliphatic heterocycles. The van der Waals surface area contributed by atoms with Crippen LogP contribution in [0.15, 0.2) is 36.5 Å². The molecule has 0 unspecified atom stereocenters. The quantitative estimate of drug-likeness (QED) is 0.804. The van der Waals surface area contributed by atoms with Gasteiger partial charge in [0.2, 0.25) is 16.5 Å². The van der Waals surface area contributed by atoms with Crippen LogP contribution in [0.25, 0.3) is 10.9 Å². The molecule has 0 aliphatic rings. The number of nitrogens with one attached hydrogen (secondary N) is 1. The normalized spacial score (nSPS) is 10.7. The Bertz CT molecular complexity index is 737. The number of halogens is 2. The molecule has 0 atom stereocenters. The molecule has 0 amide bonds. The number of fused-ring (bicyclic) bond motifs is 1. The first-order chi connectivity index (χ1) is 9.72. The Morgan fingerprint density at radius 3 is 2.50 bits per heavy atom. The van der Waals surface area contributed by atoms with Crippen LogP contribution >= 0.6 is 23.2 Å². The average molecular weight is 306 g/mol. The highest BCUT2D eigenvalue weighted by Gasteiger charge is 2.05. The molecule has 20 heavy (non-hydrogen) atoms. The monoisotopic (exact) mass is 305 g/mol. The summed E-state index contributed by atoms with van der Waals surface area (Å²) in [4.78, 5) is 16.0. The van der Waals surface area contributed by atoms with Crippen molar-refractivity contribution in [1.82, 2.24) is 19.9 Å². The summed E-state index contributed by atoms with van der Waals surface area (Å²) in [7, 11) is 0. The van der Waals surface area contributed by atoms with Crippen molar-refractivity contribution in [3.8, 4) is 0 Å². The first-order valence-corrected chi connectivity index (χ1v) is 6.61. The van der Waals surface area contributed by atoms with Crippen molar-refractivity contribution in [2.24, 2.45) is 0 Å². The summed E-state index contributed by atoms with van der Waals surface area (Å²) in [6.45, 7) is 0.519. The predicted molar refractivity (Wildman–Crippen MR) is 78.9 cm³/mol. The molecule has 1 N–H and O–H groups in total. The van der Waals surface area contributed by atoms with Crippen LogP contribution < -0.4 is 5.32 Å². The second kappa shape index (κ2) is 5.56. The van der Waals surface area contributed by atoms with Crippen molar-refractivity contribution in [2.75, 3.05) is 5.32 Å². The molecule has 3 aromatic rings. The predicted octanol–water partition coefficient (Wildman–Crippen LogP) is 3.34. The Hall–Kier alpha value is -1.98.